The van der Waals surface area contributed by atoms with Gasteiger partial charge in [-0.3, -0.25) is 14.2 Å². The lowest BCUT2D eigenvalue weighted by molar-refractivity contribution is -0.119. The van der Waals surface area contributed by atoms with Crippen molar-refractivity contribution in [1.29, 1.82) is 0 Å². The third kappa shape index (κ3) is 5.71. The van der Waals surface area contributed by atoms with Crippen molar-refractivity contribution in [3.05, 3.63) is 81.0 Å². The van der Waals surface area contributed by atoms with E-state index in [0.717, 1.165) is 21.7 Å². The Kier molecular flexibility index (Phi) is 7.27. The van der Waals surface area contributed by atoms with Gasteiger partial charge in [0.25, 0.3) is 0 Å². The molecule has 1 N–H and O–H groups in total. The van der Waals surface area contributed by atoms with E-state index in [2.05, 4.69) is 15.5 Å². The van der Waals surface area contributed by atoms with Crippen LogP contribution in [0.2, 0.25) is 5.02 Å². The van der Waals surface area contributed by atoms with Gasteiger partial charge >= 0.3 is 0 Å². The number of ketones is 1. The van der Waals surface area contributed by atoms with Gasteiger partial charge in [0.15, 0.2) is 16.8 Å². The molecule has 0 radical (unpaired) electrons. The van der Waals surface area contributed by atoms with E-state index in [-0.39, 0.29) is 17.4 Å². The fraction of sp³-hybridized carbons (Fsp3) is 0.167. The van der Waals surface area contributed by atoms with Crippen LogP contribution < -0.4 is 5.32 Å². The smallest absolute Gasteiger partial charge is 0.217 e. The van der Waals surface area contributed by atoms with Crippen LogP contribution >= 0.6 is 34.7 Å². The van der Waals surface area contributed by atoms with Crippen LogP contribution in [-0.2, 0) is 11.3 Å². The zero-order valence-corrected chi connectivity index (χ0v) is 20.4. The van der Waals surface area contributed by atoms with Crippen molar-refractivity contribution in [2.24, 2.45) is 0 Å². The molecular formula is C24H21ClN4O2S2. The average molecular weight is 497 g/mol. The van der Waals surface area contributed by atoms with E-state index in [1.807, 2.05) is 66.1 Å². The number of hydrogen-bond acceptors (Lipinski definition) is 6. The minimum Gasteiger partial charge on any atom is -0.351 e. The molecule has 168 valence electrons. The average Bonchev–Trinajstić information content (AvgIpc) is 3.45. The Labute approximate surface area is 205 Å². The number of carbonyl (C=O) groups is 2. The normalized spacial score (nSPS) is 10.9. The van der Waals surface area contributed by atoms with Gasteiger partial charge in [0.05, 0.1) is 17.2 Å². The summed E-state index contributed by atoms with van der Waals surface area (Å²) in [6.45, 7) is 3.93. The second-order valence-corrected chi connectivity index (χ2v) is 9.92. The van der Waals surface area contributed by atoms with Crippen LogP contribution in [0.25, 0.3) is 17.1 Å². The molecule has 4 aromatic rings. The first-order chi connectivity index (χ1) is 15.9. The first kappa shape index (κ1) is 23.2. The molecule has 2 heterocycles. The number of thiophene rings is 1. The van der Waals surface area contributed by atoms with Crippen LogP contribution in [0, 0.1) is 6.92 Å². The predicted molar refractivity (Wildman–Crippen MR) is 133 cm³/mol. The summed E-state index contributed by atoms with van der Waals surface area (Å²) in [4.78, 5) is 25.5. The lowest BCUT2D eigenvalue weighted by Crippen LogP contribution is -2.18. The van der Waals surface area contributed by atoms with Crippen LogP contribution in [0.15, 0.2) is 65.8 Å². The maximum absolute atomic E-state index is 12.8. The number of rotatable bonds is 8. The molecule has 0 saturated carbocycles. The van der Waals surface area contributed by atoms with Crippen molar-refractivity contribution in [1.82, 2.24) is 20.1 Å². The highest BCUT2D eigenvalue weighted by Crippen LogP contribution is 2.30. The third-order valence-corrected chi connectivity index (χ3v) is 7.12. The molecule has 33 heavy (non-hydrogen) atoms. The number of nitrogens with one attached hydrogen (secondary N) is 1. The van der Waals surface area contributed by atoms with Gasteiger partial charge < -0.3 is 5.32 Å². The molecular weight excluding hydrogens is 476 g/mol. The molecule has 0 atom stereocenters. The van der Waals surface area contributed by atoms with E-state index in [1.165, 1.54) is 30.0 Å². The highest BCUT2D eigenvalue weighted by atomic mass is 35.5. The maximum atomic E-state index is 12.8. The van der Waals surface area contributed by atoms with Gasteiger partial charge in [0.2, 0.25) is 5.91 Å². The summed E-state index contributed by atoms with van der Waals surface area (Å²) in [5.41, 5.74) is 2.95. The van der Waals surface area contributed by atoms with Crippen molar-refractivity contribution in [3.63, 3.8) is 0 Å². The minimum absolute atomic E-state index is 0.00516. The molecule has 0 bridgehead atoms. The standard InChI is InChI=1S/C24H21ClN4O2S2/c1-15-3-9-19(10-4-15)29-23(17-5-7-18(25)8-6-17)27-28-24(29)32-14-21(31)22-12-11-20(33-22)13-26-16(2)30/h3-12H,13-14H2,1-2H3,(H,26,30). The van der Waals surface area contributed by atoms with Crippen molar-refractivity contribution in [2.75, 3.05) is 5.75 Å². The molecule has 4 rings (SSSR count). The fourth-order valence-corrected chi connectivity index (χ4v) is 5.05. The number of nitrogens with zero attached hydrogens (tertiary/aromatic N) is 3. The van der Waals surface area contributed by atoms with Gasteiger partial charge in [0.1, 0.15) is 0 Å². The third-order valence-electron chi connectivity index (χ3n) is 4.81. The molecule has 0 fully saturated rings. The molecule has 0 spiro atoms. The summed E-state index contributed by atoms with van der Waals surface area (Å²) in [6, 6.07) is 19.2. The zero-order chi connectivity index (χ0) is 23.4. The van der Waals surface area contributed by atoms with Gasteiger partial charge in [-0.2, -0.15) is 0 Å². The summed E-state index contributed by atoms with van der Waals surface area (Å²) in [6.07, 6.45) is 0. The fourth-order valence-electron chi connectivity index (χ4n) is 3.11. The molecule has 9 heteroatoms. The van der Waals surface area contributed by atoms with Crippen molar-refractivity contribution < 1.29 is 9.59 Å². The van der Waals surface area contributed by atoms with E-state index < -0.39 is 0 Å². The van der Waals surface area contributed by atoms with Crippen LogP contribution in [-0.4, -0.2) is 32.2 Å². The van der Waals surface area contributed by atoms with Crippen molar-refractivity contribution in [3.8, 4) is 17.1 Å². The highest BCUT2D eigenvalue weighted by Gasteiger charge is 2.18. The number of aryl methyl sites for hydroxylation is 1. The van der Waals surface area contributed by atoms with Gasteiger partial charge in [-0.25, -0.2) is 0 Å². The number of carbonyl (C=O) groups excluding carboxylic acids is 2. The Morgan fingerprint density at radius 3 is 2.45 bits per heavy atom. The van der Waals surface area contributed by atoms with E-state index in [0.29, 0.717) is 27.4 Å². The number of Topliss-reactive ketones (excluding diaryl/α,β-unsaturated/α-hetero) is 1. The molecule has 6 nitrogen and oxygen atoms in total. The molecule has 2 aromatic carbocycles. The molecule has 0 aliphatic carbocycles. The second kappa shape index (κ2) is 10.3. The summed E-state index contributed by atoms with van der Waals surface area (Å²) in [7, 11) is 0. The summed E-state index contributed by atoms with van der Waals surface area (Å²) < 4.78 is 1.96. The van der Waals surface area contributed by atoms with E-state index in [4.69, 9.17) is 11.6 Å². The molecule has 0 aliphatic rings. The lowest BCUT2D eigenvalue weighted by Gasteiger charge is -2.10. The molecule has 2 aromatic heterocycles. The largest absolute Gasteiger partial charge is 0.351 e. The zero-order valence-electron chi connectivity index (χ0n) is 18.0. The number of halogens is 1. The predicted octanol–water partition coefficient (Wildman–Crippen LogP) is 5.57. The van der Waals surface area contributed by atoms with Crippen molar-refractivity contribution in [2.45, 2.75) is 25.5 Å². The summed E-state index contributed by atoms with van der Waals surface area (Å²) in [5.74, 6) is 0.813. The maximum Gasteiger partial charge on any atom is 0.217 e. The van der Waals surface area contributed by atoms with Crippen LogP contribution in [0.3, 0.4) is 0 Å². The number of aromatic nitrogens is 3. The molecule has 1 amide bonds. The Bertz CT molecular complexity index is 1280. The molecule has 0 aliphatic heterocycles. The van der Waals surface area contributed by atoms with Gasteiger partial charge in [-0.05, 0) is 55.5 Å². The van der Waals surface area contributed by atoms with E-state index in [9.17, 15) is 9.59 Å². The van der Waals surface area contributed by atoms with Crippen molar-refractivity contribution >= 4 is 46.4 Å². The van der Waals surface area contributed by atoms with Crippen LogP contribution in [0.1, 0.15) is 27.0 Å². The van der Waals surface area contributed by atoms with E-state index in [1.54, 1.807) is 6.07 Å². The Morgan fingerprint density at radius 1 is 1.03 bits per heavy atom. The molecule has 0 unspecified atom stereocenters. The Balaban J connectivity index is 1.57. The monoisotopic (exact) mass is 496 g/mol. The lowest BCUT2D eigenvalue weighted by atomic mass is 10.2. The number of hydrogen-bond donors (Lipinski definition) is 1. The van der Waals surface area contributed by atoms with Crippen LogP contribution in [0.5, 0.6) is 0 Å². The van der Waals surface area contributed by atoms with Gasteiger partial charge in [-0.1, -0.05) is 41.1 Å². The first-order valence-electron chi connectivity index (χ1n) is 10.2. The van der Waals surface area contributed by atoms with E-state index >= 15 is 0 Å². The second-order valence-electron chi connectivity index (χ2n) is 7.37. The van der Waals surface area contributed by atoms with Gasteiger partial charge in [-0.15, -0.1) is 21.5 Å². The van der Waals surface area contributed by atoms with Gasteiger partial charge in [0, 0.05) is 28.1 Å². The quantitative estimate of drug-likeness (QED) is 0.255. The first-order valence-corrected chi connectivity index (χ1v) is 12.4. The Hall–Kier alpha value is -2.94. The minimum atomic E-state index is -0.0984. The SMILES string of the molecule is CC(=O)NCc1ccc(C(=O)CSc2nnc(-c3ccc(Cl)cc3)n2-c2ccc(C)cc2)s1. The topological polar surface area (TPSA) is 76.9 Å². The number of amides is 1. The summed E-state index contributed by atoms with van der Waals surface area (Å²) >= 11 is 8.79. The Morgan fingerprint density at radius 2 is 1.76 bits per heavy atom. The summed E-state index contributed by atoms with van der Waals surface area (Å²) in [5, 5.41) is 12.8. The highest BCUT2D eigenvalue weighted by molar-refractivity contribution is 7.99. The number of benzene rings is 2. The van der Waals surface area contributed by atoms with Crippen LogP contribution in [0.4, 0.5) is 0 Å². The number of thioether (sulfide) groups is 1. The molecule has 0 saturated heterocycles.